The average Bonchev–Trinajstić information content (AvgIpc) is 3.28. The maximum atomic E-state index is 13.8. The zero-order chi connectivity index (χ0) is 25.0. The van der Waals surface area contributed by atoms with Crippen molar-refractivity contribution in [3.63, 3.8) is 0 Å². The number of carbonyl (C=O) groups excluding carboxylic acids is 1. The first-order chi connectivity index (χ1) is 16.5. The molecule has 1 aliphatic rings. The molecular weight excluding hydrogens is 463 g/mol. The van der Waals surface area contributed by atoms with Crippen LogP contribution in [0, 0.1) is 5.82 Å². The molecular formula is C21H19F5N6O2. The maximum Gasteiger partial charge on any atom is 0.408 e. The van der Waals surface area contributed by atoms with Gasteiger partial charge in [-0.3, -0.25) is 23.6 Å². The van der Waals surface area contributed by atoms with Gasteiger partial charge in [-0.25, -0.2) is 9.37 Å². The van der Waals surface area contributed by atoms with E-state index in [2.05, 4.69) is 15.1 Å². The topological polar surface area (TPSA) is 77.6 Å². The highest BCUT2D eigenvalue weighted by Crippen LogP contribution is 2.31. The van der Waals surface area contributed by atoms with Crippen molar-refractivity contribution in [2.75, 3.05) is 26.3 Å². The van der Waals surface area contributed by atoms with Crippen molar-refractivity contribution in [2.24, 2.45) is 0 Å². The van der Waals surface area contributed by atoms with Gasteiger partial charge in [-0.15, -0.1) is 0 Å². The lowest BCUT2D eigenvalue weighted by Gasteiger charge is -2.19. The molecule has 0 saturated carbocycles. The van der Waals surface area contributed by atoms with Crippen LogP contribution < -0.4 is 0 Å². The molecule has 180 valence electrons. The highest BCUT2D eigenvalue weighted by Gasteiger charge is 2.31. The van der Waals surface area contributed by atoms with E-state index in [1.807, 2.05) is 0 Å². The molecule has 5 rings (SSSR count). The minimum Gasteiger partial charge on any atom is -0.380 e. The van der Waals surface area contributed by atoms with Gasteiger partial charge in [0, 0.05) is 40.2 Å². The van der Waals surface area contributed by atoms with Gasteiger partial charge in [0.2, 0.25) is 0 Å². The fourth-order valence-corrected chi connectivity index (χ4v) is 3.70. The van der Waals surface area contributed by atoms with Crippen LogP contribution in [0.4, 0.5) is 22.3 Å². The lowest BCUT2D eigenvalue weighted by molar-refractivity contribution is -0.141. The van der Waals surface area contributed by atoms with Gasteiger partial charge in [0.1, 0.15) is 29.4 Å². The number of pyridine rings is 2. The van der Waals surface area contributed by atoms with E-state index < -0.39 is 30.9 Å². The van der Waals surface area contributed by atoms with Crippen molar-refractivity contribution in [3.05, 3.63) is 48.3 Å². The molecule has 1 aliphatic heterocycles. The number of carbonyl (C=O) groups is 1. The second kappa shape index (κ2) is 8.97. The number of ether oxygens (including phenoxy) is 1. The third kappa shape index (κ3) is 4.42. The van der Waals surface area contributed by atoms with E-state index in [-0.39, 0.29) is 58.9 Å². The summed E-state index contributed by atoms with van der Waals surface area (Å²) in [6, 6.07) is 3.78. The fraction of sp³-hybridized carbons (Fsp3) is 0.333. The van der Waals surface area contributed by atoms with E-state index in [0.29, 0.717) is 10.3 Å². The van der Waals surface area contributed by atoms with E-state index in [9.17, 15) is 22.4 Å². The third-order valence-corrected chi connectivity index (χ3v) is 5.15. The number of amides is 1. The van der Waals surface area contributed by atoms with Gasteiger partial charge in [0.15, 0.2) is 0 Å². The summed E-state index contributed by atoms with van der Waals surface area (Å²) in [5.74, 6) is -1.35. The van der Waals surface area contributed by atoms with Crippen LogP contribution in [0.5, 0.6) is 0 Å². The minimum atomic E-state index is -4.62. The summed E-state index contributed by atoms with van der Waals surface area (Å²) in [5.41, 5.74) is 0.418. The van der Waals surface area contributed by atoms with E-state index in [0.717, 1.165) is 17.2 Å². The van der Waals surface area contributed by atoms with E-state index in [1.165, 1.54) is 28.9 Å². The predicted molar refractivity (Wildman–Crippen MR) is 112 cm³/mol. The largest absolute Gasteiger partial charge is 0.408 e. The highest BCUT2D eigenvalue weighted by molar-refractivity contribution is 5.99. The van der Waals surface area contributed by atoms with Gasteiger partial charge in [-0.2, -0.15) is 18.3 Å². The van der Waals surface area contributed by atoms with Crippen LogP contribution in [-0.2, 0) is 11.3 Å². The van der Waals surface area contributed by atoms with Crippen molar-refractivity contribution >= 4 is 22.5 Å². The number of aromatic nitrogens is 5. The first-order valence-electron chi connectivity index (χ1n) is 11.0. The molecule has 0 radical (unpaired) electrons. The number of nitrogens with zero attached hydrogens (tertiary/aromatic N) is 6. The quantitative estimate of drug-likeness (QED) is 0.417. The summed E-state index contributed by atoms with van der Waals surface area (Å²) < 4.78 is 77.5. The Hall–Kier alpha value is -3.61. The molecule has 34 heavy (non-hydrogen) atoms. The van der Waals surface area contributed by atoms with Crippen molar-refractivity contribution < 1.29 is 34.5 Å². The number of rotatable bonds is 3. The second-order valence-electron chi connectivity index (χ2n) is 7.40. The number of fused-ring (bicyclic) bond motifs is 2. The van der Waals surface area contributed by atoms with Gasteiger partial charge >= 0.3 is 6.18 Å². The number of hydrogen-bond donors (Lipinski definition) is 0. The molecule has 8 nitrogen and oxygen atoms in total. The summed E-state index contributed by atoms with van der Waals surface area (Å²) in [6.07, 6.45) is -0.961. The number of imidazole rings is 1. The number of halogens is 5. The van der Waals surface area contributed by atoms with Crippen molar-refractivity contribution in [1.29, 1.82) is 0 Å². The van der Waals surface area contributed by atoms with Crippen molar-refractivity contribution in [3.8, 4) is 11.4 Å². The second-order valence-corrected chi connectivity index (χ2v) is 7.40. The molecule has 1 saturated heterocycles. The van der Waals surface area contributed by atoms with Crippen LogP contribution in [0.15, 0.2) is 36.8 Å². The first kappa shape index (κ1) is 21.0. The summed E-state index contributed by atoms with van der Waals surface area (Å²) >= 11 is 0. The molecule has 1 amide bonds. The first-order valence-corrected chi connectivity index (χ1v) is 9.99. The Labute approximate surface area is 191 Å². The van der Waals surface area contributed by atoms with Gasteiger partial charge in [-0.1, -0.05) is 0 Å². The molecule has 0 spiro atoms. The molecule has 0 unspecified atom stereocenters. The standard InChI is InChI=1S/C21H18F4N6O2.FH/c22-13-2-3-18-27-10-17(30(18)11-13)19-14-9-26-15(20(32)29-4-1-6-33-7-5-29)8-16(14)31(28-19)12-21(23,24)25;/h2-3,8-11H,1,4-7,12H2;1H/i4D2;. The van der Waals surface area contributed by atoms with Crippen molar-refractivity contribution in [1.82, 2.24) is 29.0 Å². The summed E-state index contributed by atoms with van der Waals surface area (Å²) in [6.45, 7) is -3.24. The smallest absolute Gasteiger partial charge is 0.380 e. The molecule has 1 fully saturated rings. The molecule has 0 N–H and O–H groups in total. The van der Waals surface area contributed by atoms with Crippen LogP contribution >= 0.6 is 0 Å². The van der Waals surface area contributed by atoms with E-state index >= 15 is 0 Å². The van der Waals surface area contributed by atoms with Gasteiger partial charge in [0.05, 0.1) is 24.0 Å². The summed E-state index contributed by atoms with van der Waals surface area (Å²) in [5, 5.41) is 4.30. The SMILES string of the molecule is F.[2H]C1([2H])CCOCCN1C(=O)c1cc2c(cn1)c(-c1cnc3ccc(F)cn13)nn2CC(F)(F)F. The zero-order valence-electron chi connectivity index (χ0n) is 19.4. The monoisotopic (exact) mass is 484 g/mol. The maximum absolute atomic E-state index is 13.8. The summed E-state index contributed by atoms with van der Waals surface area (Å²) in [4.78, 5) is 22.3. The van der Waals surface area contributed by atoms with Crippen LogP contribution in [0.3, 0.4) is 0 Å². The Bertz CT molecular complexity index is 1440. The lowest BCUT2D eigenvalue weighted by Crippen LogP contribution is -2.33. The Kier molecular flexibility index (Phi) is 5.53. The molecule has 5 heterocycles. The number of alkyl halides is 3. The average molecular weight is 484 g/mol. The van der Waals surface area contributed by atoms with E-state index in [4.69, 9.17) is 7.48 Å². The van der Waals surface area contributed by atoms with E-state index in [1.54, 1.807) is 0 Å². The van der Waals surface area contributed by atoms with Gasteiger partial charge < -0.3 is 9.64 Å². The van der Waals surface area contributed by atoms with Crippen LogP contribution in [0.25, 0.3) is 27.9 Å². The van der Waals surface area contributed by atoms with Crippen molar-refractivity contribution in [2.45, 2.75) is 19.1 Å². The Balaban J connectivity index is 0.00000304. The van der Waals surface area contributed by atoms with Crippen LogP contribution in [-0.4, -0.2) is 67.4 Å². The van der Waals surface area contributed by atoms with Crippen LogP contribution in [0.2, 0.25) is 0 Å². The molecule has 0 aliphatic carbocycles. The fourth-order valence-electron chi connectivity index (χ4n) is 3.70. The highest BCUT2D eigenvalue weighted by atomic mass is 19.4. The van der Waals surface area contributed by atoms with Gasteiger partial charge in [-0.05, 0) is 24.6 Å². The Morgan fingerprint density at radius 1 is 1.21 bits per heavy atom. The molecule has 0 atom stereocenters. The molecule has 0 bridgehead atoms. The van der Waals surface area contributed by atoms with Gasteiger partial charge in [0.25, 0.3) is 5.91 Å². The molecule has 4 aromatic rings. The molecule has 0 aromatic carbocycles. The number of hydrogen-bond acceptors (Lipinski definition) is 5. The third-order valence-electron chi connectivity index (χ3n) is 5.15. The molecule has 13 heteroatoms. The Morgan fingerprint density at radius 3 is 2.82 bits per heavy atom. The Morgan fingerprint density at radius 2 is 2.03 bits per heavy atom. The minimum absolute atomic E-state index is 0. The normalized spacial score (nSPS) is 17.2. The van der Waals surface area contributed by atoms with Crippen LogP contribution in [0.1, 0.15) is 19.7 Å². The zero-order valence-corrected chi connectivity index (χ0v) is 17.4. The lowest BCUT2D eigenvalue weighted by atomic mass is 10.2. The predicted octanol–water partition coefficient (Wildman–Crippen LogP) is 3.46. The molecule has 4 aromatic heterocycles. The summed E-state index contributed by atoms with van der Waals surface area (Å²) in [7, 11) is 0.